The Kier molecular flexibility index (Phi) is 2.72. The second-order valence-electron chi connectivity index (χ2n) is 3.28. The van der Waals surface area contributed by atoms with Gasteiger partial charge in [-0.15, -0.1) is 0 Å². The lowest BCUT2D eigenvalue weighted by Crippen LogP contribution is -2.21. The van der Waals surface area contributed by atoms with Crippen LogP contribution in [0, 0.1) is 0 Å². The van der Waals surface area contributed by atoms with Crippen molar-refractivity contribution in [1.82, 2.24) is 0 Å². The molecule has 0 amide bonds. The zero-order valence-electron chi connectivity index (χ0n) is 7.77. The molecular weight excluding hydrogens is 244 g/mol. The lowest BCUT2D eigenvalue weighted by Gasteiger charge is -2.24. The second-order valence-corrected chi connectivity index (χ2v) is 4.19. The predicted octanol–water partition coefficient (Wildman–Crippen LogP) is 2.52. The third-order valence-electron chi connectivity index (χ3n) is 2.42. The van der Waals surface area contributed by atoms with Crippen molar-refractivity contribution >= 4 is 22.0 Å². The van der Waals surface area contributed by atoms with Gasteiger partial charge in [0, 0.05) is 11.6 Å². The van der Waals surface area contributed by atoms with E-state index in [1.54, 1.807) is 7.11 Å². The second kappa shape index (κ2) is 3.85. The molecule has 2 atom stereocenters. The molecule has 0 radical (unpaired) electrons. The number of halogens is 1. The molecule has 2 nitrogen and oxygen atoms in total. The van der Waals surface area contributed by atoms with Crippen LogP contribution < -0.4 is 0 Å². The maximum atomic E-state index is 9.92. The Bertz CT molecular complexity index is 374. The first-order chi connectivity index (χ1) is 6.72. The first-order valence-corrected chi connectivity index (χ1v) is 5.20. The third-order valence-corrected chi connectivity index (χ3v) is 2.91. The van der Waals surface area contributed by atoms with Gasteiger partial charge in [0.05, 0.1) is 0 Å². The lowest BCUT2D eigenvalue weighted by molar-refractivity contribution is 0.0150. The average Bonchev–Trinajstić information content (AvgIpc) is 2.18. The van der Waals surface area contributed by atoms with Gasteiger partial charge in [0.2, 0.25) is 0 Å². The SMILES string of the molecule is CO[C@H]1C=Cc2cc(Br)ccc2[C@@H]1O. The number of aliphatic hydroxyl groups is 1. The van der Waals surface area contributed by atoms with E-state index in [-0.39, 0.29) is 6.10 Å². The highest BCUT2D eigenvalue weighted by Crippen LogP contribution is 2.31. The van der Waals surface area contributed by atoms with Gasteiger partial charge in [-0.3, -0.25) is 0 Å². The summed E-state index contributed by atoms with van der Waals surface area (Å²) in [7, 11) is 1.60. The normalized spacial score (nSPS) is 24.8. The number of benzene rings is 1. The molecule has 0 spiro atoms. The summed E-state index contributed by atoms with van der Waals surface area (Å²) in [4.78, 5) is 0. The number of hydrogen-bond acceptors (Lipinski definition) is 2. The van der Waals surface area contributed by atoms with E-state index in [1.807, 2.05) is 30.4 Å². The molecule has 0 saturated carbocycles. The Hall–Kier alpha value is -0.640. The highest BCUT2D eigenvalue weighted by molar-refractivity contribution is 9.10. The fraction of sp³-hybridized carbons (Fsp3) is 0.273. The van der Waals surface area contributed by atoms with Crippen LogP contribution in [0.3, 0.4) is 0 Å². The molecule has 0 unspecified atom stereocenters. The molecule has 1 aliphatic carbocycles. The number of methoxy groups -OCH3 is 1. The van der Waals surface area contributed by atoms with Gasteiger partial charge < -0.3 is 9.84 Å². The molecule has 0 bridgehead atoms. The average molecular weight is 255 g/mol. The molecule has 0 aliphatic heterocycles. The van der Waals surface area contributed by atoms with Crippen LogP contribution >= 0.6 is 15.9 Å². The van der Waals surface area contributed by atoms with E-state index in [2.05, 4.69) is 15.9 Å². The van der Waals surface area contributed by atoms with Crippen molar-refractivity contribution in [2.24, 2.45) is 0 Å². The summed E-state index contributed by atoms with van der Waals surface area (Å²) in [5.41, 5.74) is 1.96. The van der Waals surface area contributed by atoms with Crippen molar-refractivity contribution in [2.75, 3.05) is 7.11 Å². The van der Waals surface area contributed by atoms with Crippen LogP contribution in [0.5, 0.6) is 0 Å². The van der Waals surface area contributed by atoms with Crippen molar-refractivity contribution in [1.29, 1.82) is 0 Å². The van der Waals surface area contributed by atoms with Gasteiger partial charge in [0.25, 0.3) is 0 Å². The van der Waals surface area contributed by atoms with Crippen molar-refractivity contribution in [3.8, 4) is 0 Å². The van der Waals surface area contributed by atoms with Crippen LogP contribution in [0.25, 0.3) is 6.08 Å². The molecule has 3 heteroatoms. The number of fused-ring (bicyclic) bond motifs is 1. The summed E-state index contributed by atoms with van der Waals surface area (Å²) in [6, 6.07) is 5.83. The van der Waals surface area contributed by atoms with Crippen LogP contribution in [0.15, 0.2) is 28.7 Å². The minimum Gasteiger partial charge on any atom is -0.385 e. The van der Waals surface area contributed by atoms with E-state index < -0.39 is 6.10 Å². The molecule has 2 rings (SSSR count). The molecule has 1 N–H and O–H groups in total. The molecule has 14 heavy (non-hydrogen) atoms. The number of rotatable bonds is 1. The number of aliphatic hydroxyl groups excluding tert-OH is 1. The van der Waals surface area contributed by atoms with E-state index in [9.17, 15) is 5.11 Å². The van der Waals surface area contributed by atoms with E-state index in [4.69, 9.17) is 4.74 Å². The Labute approximate surface area is 91.3 Å². The molecule has 74 valence electrons. The summed E-state index contributed by atoms with van der Waals surface area (Å²) in [5.74, 6) is 0. The minimum absolute atomic E-state index is 0.233. The maximum Gasteiger partial charge on any atom is 0.109 e. The Morgan fingerprint density at radius 1 is 1.43 bits per heavy atom. The standard InChI is InChI=1S/C11H11BrO2/c1-14-10-5-2-7-6-8(12)3-4-9(7)11(10)13/h2-6,10-11,13H,1H3/t10-,11-/m0/s1. The van der Waals surface area contributed by atoms with Gasteiger partial charge in [-0.25, -0.2) is 0 Å². The summed E-state index contributed by atoms with van der Waals surface area (Å²) in [5, 5.41) is 9.92. The Morgan fingerprint density at radius 3 is 2.93 bits per heavy atom. The summed E-state index contributed by atoms with van der Waals surface area (Å²) >= 11 is 3.40. The van der Waals surface area contributed by atoms with Crippen LogP contribution in [-0.4, -0.2) is 18.3 Å². The fourth-order valence-corrected chi connectivity index (χ4v) is 2.03. The van der Waals surface area contributed by atoms with Crippen molar-refractivity contribution < 1.29 is 9.84 Å². The fourth-order valence-electron chi connectivity index (χ4n) is 1.65. The Balaban J connectivity index is 2.44. The lowest BCUT2D eigenvalue weighted by atomic mass is 9.93. The van der Waals surface area contributed by atoms with Crippen LogP contribution in [-0.2, 0) is 4.74 Å². The zero-order chi connectivity index (χ0) is 10.1. The first kappa shape index (κ1) is 9.90. The molecule has 0 aromatic heterocycles. The quantitative estimate of drug-likeness (QED) is 0.835. The largest absolute Gasteiger partial charge is 0.385 e. The zero-order valence-corrected chi connectivity index (χ0v) is 9.36. The van der Waals surface area contributed by atoms with Crippen molar-refractivity contribution in [3.63, 3.8) is 0 Å². The van der Waals surface area contributed by atoms with Gasteiger partial charge in [-0.05, 0) is 23.3 Å². The highest BCUT2D eigenvalue weighted by Gasteiger charge is 2.23. The first-order valence-electron chi connectivity index (χ1n) is 4.41. The van der Waals surface area contributed by atoms with Gasteiger partial charge >= 0.3 is 0 Å². The van der Waals surface area contributed by atoms with Gasteiger partial charge in [-0.2, -0.15) is 0 Å². The minimum atomic E-state index is -0.562. The molecule has 0 fully saturated rings. The summed E-state index contributed by atoms with van der Waals surface area (Å²) in [6.45, 7) is 0. The molecule has 0 heterocycles. The van der Waals surface area contributed by atoms with Crippen LogP contribution in [0.2, 0.25) is 0 Å². The van der Waals surface area contributed by atoms with Gasteiger partial charge in [0.15, 0.2) is 0 Å². The third kappa shape index (κ3) is 1.63. The van der Waals surface area contributed by atoms with E-state index >= 15 is 0 Å². The number of hydrogen-bond donors (Lipinski definition) is 1. The molecular formula is C11H11BrO2. The number of ether oxygens (including phenoxy) is 1. The summed E-state index contributed by atoms with van der Waals surface area (Å²) in [6.07, 6.45) is 3.05. The van der Waals surface area contributed by atoms with E-state index in [1.165, 1.54) is 0 Å². The summed E-state index contributed by atoms with van der Waals surface area (Å²) < 4.78 is 6.16. The van der Waals surface area contributed by atoms with Crippen LogP contribution in [0.4, 0.5) is 0 Å². The molecule has 1 aliphatic rings. The maximum absolute atomic E-state index is 9.92. The molecule has 1 aromatic carbocycles. The smallest absolute Gasteiger partial charge is 0.109 e. The molecule has 0 saturated heterocycles. The van der Waals surface area contributed by atoms with E-state index in [0.717, 1.165) is 15.6 Å². The molecule has 1 aromatic rings. The van der Waals surface area contributed by atoms with Crippen molar-refractivity contribution in [3.05, 3.63) is 39.9 Å². The van der Waals surface area contributed by atoms with Crippen LogP contribution in [0.1, 0.15) is 17.2 Å². The van der Waals surface area contributed by atoms with Crippen molar-refractivity contribution in [2.45, 2.75) is 12.2 Å². The Morgan fingerprint density at radius 2 is 2.21 bits per heavy atom. The van der Waals surface area contributed by atoms with Gasteiger partial charge in [-0.1, -0.05) is 34.1 Å². The highest BCUT2D eigenvalue weighted by atomic mass is 79.9. The predicted molar refractivity (Wildman–Crippen MR) is 58.9 cm³/mol. The van der Waals surface area contributed by atoms with E-state index in [0.29, 0.717) is 0 Å². The monoisotopic (exact) mass is 254 g/mol. The van der Waals surface area contributed by atoms with Gasteiger partial charge in [0.1, 0.15) is 12.2 Å². The topological polar surface area (TPSA) is 29.5 Å².